The largest absolute Gasteiger partial charge is 0.393 e. The van der Waals surface area contributed by atoms with E-state index in [-0.39, 0.29) is 17.9 Å². The van der Waals surface area contributed by atoms with E-state index in [2.05, 4.69) is 5.32 Å². The summed E-state index contributed by atoms with van der Waals surface area (Å²) in [5, 5.41) is 11.8. The molecule has 1 aliphatic heterocycles. The van der Waals surface area contributed by atoms with E-state index in [1.807, 2.05) is 0 Å². The van der Waals surface area contributed by atoms with Crippen molar-refractivity contribution in [2.75, 3.05) is 0 Å². The fraction of sp³-hybridized carbons (Fsp3) is 0.750. The molecule has 12 heavy (non-hydrogen) atoms. The number of aliphatic hydroxyl groups is 1. The highest BCUT2D eigenvalue weighted by atomic mass is 16.3. The number of carbonyl (C=O) groups excluding carboxylic acids is 2. The molecule has 0 spiro atoms. The van der Waals surface area contributed by atoms with E-state index in [9.17, 15) is 14.7 Å². The number of β-lactam (4-membered cyclic amide) rings is 1. The molecule has 0 aromatic heterocycles. The average molecular weight is 171 g/mol. The summed E-state index contributed by atoms with van der Waals surface area (Å²) in [6.07, 6.45) is 0.116. The van der Waals surface area contributed by atoms with Crippen molar-refractivity contribution in [1.82, 2.24) is 5.32 Å². The van der Waals surface area contributed by atoms with Crippen LogP contribution in [0.15, 0.2) is 0 Å². The van der Waals surface area contributed by atoms with Crippen LogP contribution in [0.4, 0.5) is 0 Å². The summed E-state index contributed by atoms with van der Waals surface area (Å²) < 4.78 is 0. The zero-order valence-electron chi connectivity index (χ0n) is 7.15. The average Bonchev–Trinajstić information content (AvgIpc) is 1.97. The van der Waals surface area contributed by atoms with Crippen molar-refractivity contribution in [2.45, 2.75) is 26.0 Å². The van der Waals surface area contributed by atoms with Gasteiger partial charge < -0.3 is 15.2 Å². The Hall–Kier alpha value is -0.900. The Morgan fingerprint density at radius 1 is 1.58 bits per heavy atom. The Balaban J connectivity index is 2.59. The predicted molar refractivity (Wildman–Crippen MR) is 42.3 cm³/mol. The molecule has 1 aliphatic rings. The van der Waals surface area contributed by atoms with E-state index in [0.29, 0.717) is 0 Å². The van der Waals surface area contributed by atoms with Gasteiger partial charge in [0.25, 0.3) is 0 Å². The lowest BCUT2D eigenvalue weighted by atomic mass is 9.79. The summed E-state index contributed by atoms with van der Waals surface area (Å²) in [5.74, 6) is -0.795. The number of carbonyl (C=O) groups is 2. The molecule has 1 saturated heterocycles. The van der Waals surface area contributed by atoms with Gasteiger partial charge >= 0.3 is 0 Å². The van der Waals surface area contributed by atoms with Gasteiger partial charge in [-0.15, -0.1) is 0 Å². The number of nitrogens with one attached hydrogen (secondary N) is 1. The third kappa shape index (κ3) is 1.34. The van der Waals surface area contributed by atoms with Gasteiger partial charge in [0.15, 0.2) is 0 Å². The fourth-order valence-electron chi connectivity index (χ4n) is 1.48. The highest BCUT2D eigenvalue weighted by molar-refractivity contribution is 5.87. The summed E-state index contributed by atoms with van der Waals surface area (Å²) in [5.41, 5.74) is 0. The number of amides is 1. The van der Waals surface area contributed by atoms with Crippen LogP contribution >= 0.6 is 0 Å². The molecule has 0 radical (unpaired) electrons. The summed E-state index contributed by atoms with van der Waals surface area (Å²) >= 11 is 0. The lowest BCUT2D eigenvalue weighted by molar-refractivity contribution is -0.143. The van der Waals surface area contributed by atoms with Crippen LogP contribution in [0.2, 0.25) is 0 Å². The smallest absolute Gasteiger partial charge is 0.228 e. The highest BCUT2D eigenvalue weighted by Gasteiger charge is 2.44. The molecule has 68 valence electrons. The number of rotatable bonds is 3. The molecule has 0 bridgehead atoms. The second kappa shape index (κ2) is 3.23. The second-order valence-electron chi connectivity index (χ2n) is 3.30. The second-order valence-corrected chi connectivity index (χ2v) is 3.30. The van der Waals surface area contributed by atoms with Crippen LogP contribution in [-0.2, 0) is 9.59 Å². The molecule has 0 saturated carbocycles. The van der Waals surface area contributed by atoms with Gasteiger partial charge in [0, 0.05) is 5.92 Å². The van der Waals surface area contributed by atoms with Crippen LogP contribution in [0.1, 0.15) is 13.8 Å². The normalized spacial score (nSPS) is 33.1. The molecule has 0 aromatic carbocycles. The van der Waals surface area contributed by atoms with Crippen molar-refractivity contribution in [2.24, 2.45) is 11.8 Å². The molecule has 1 amide bonds. The Bertz CT molecular complexity index is 202. The summed E-state index contributed by atoms with van der Waals surface area (Å²) in [6.45, 7) is 3.29. The third-order valence-electron chi connectivity index (χ3n) is 2.30. The molecule has 4 nitrogen and oxygen atoms in total. The van der Waals surface area contributed by atoms with Crippen molar-refractivity contribution in [1.29, 1.82) is 0 Å². The highest BCUT2D eigenvalue weighted by Crippen LogP contribution is 2.24. The van der Waals surface area contributed by atoms with Crippen LogP contribution < -0.4 is 5.32 Å². The molecule has 1 heterocycles. The van der Waals surface area contributed by atoms with E-state index in [1.165, 1.54) is 0 Å². The maximum atomic E-state index is 10.9. The van der Waals surface area contributed by atoms with Crippen molar-refractivity contribution in [3.8, 4) is 0 Å². The van der Waals surface area contributed by atoms with Crippen molar-refractivity contribution in [3.05, 3.63) is 0 Å². The van der Waals surface area contributed by atoms with Crippen LogP contribution in [-0.4, -0.2) is 29.4 Å². The molecule has 1 rings (SSSR count). The minimum absolute atomic E-state index is 0.163. The van der Waals surface area contributed by atoms with Gasteiger partial charge in [-0.3, -0.25) is 4.79 Å². The zero-order chi connectivity index (χ0) is 9.30. The van der Waals surface area contributed by atoms with Gasteiger partial charge in [-0.05, 0) is 6.92 Å². The Morgan fingerprint density at radius 2 is 2.17 bits per heavy atom. The molecule has 0 aromatic rings. The molecular formula is C8H13NO3. The SMILES string of the molecule is CC(O)[C@H]1C(=O)N[C@@H]1[C@@H](C)C=O. The summed E-state index contributed by atoms with van der Waals surface area (Å²) in [7, 11) is 0. The van der Waals surface area contributed by atoms with Gasteiger partial charge in [0.05, 0.1) is 18.1 Å². The van der Waals surface area contributed by atoms with Crippen LogP contribution in [0.5, 0.6) is 0 Å². The van der Waals surface area contributed by atoms with Gasteiger partial charge in [0.2, 0.25) is 5.91 Å². The quantitative estimate of drug-likeness (QED) is 0.436. The van der Waals surface area contributed by atoms with Crippen LogP contribution in [0.3, 0.4) is 0 Å². The maximum Gasteiger partial charge on any atom is 0.228 e. The lowest BCUT2D eigenvalue weighted by Gasteiger charge is -2.40. The Labute approximate surface area is 71.0 Å². The molecule has 0 aliphatic carbocycles. The molecule has 2 N–H and O–H groups in total. The number of aldehydes is 1. The van der Waals surface area contributed by atoms with Gasteiger partial charge in [-0.25, -0.2) is 0 Å². The number of aliphatic hydroxyl groups excluding tert-OH is 1. The van der Waals surface area contributed by atoms with Crippen LogP contribution in [0.25, 0.3) is 0 Å². The van der Waals surface area contributed by atoms with E-state index in [4.69, 9.17) is 0 Å². The van der Waals surface area contributed by atoms with E-state index >= 15 is 0 Å². The van der Waals surface area contributed by atoms with Crippen molar-refractivity contribution < 1.29 is 14.7 Å². The molecule has 1 unspecified atom stereocenters. The first-order valence-corrected chi connectivity index (χ1v) is 4.01. The zero-order valence-corrected chi connectivity index (χ0v) is 7.15. The Kier molecular flexibility index (Phi) is 2.47. The monoisotopic (exact) mass is 171 g/mol. The number of hydrogen-bond donors (Lipinski definition) is 2. The Morgan fingerprint density at radius 3 is 2.50 bits per heavy atom. The topological polar surface area (TPSA) is 66.4 Å². The summed E-state index contributed by atoms with van der Waals surface area (Å²) in [4.78, 5) is 21.3. The first-order valence-electron chi connectivity index (χ1n) is 4.01. The minimum atomic E-state index is -0.675. The standard InChI is InChI=1S/C8H13NO3/c1-4(3-10)7-6(5(2)11)8(12)9-7/h3-7,11H,1-2H3,(H,9,12)/t4-,5?,6+,7+/m0/s1. The number of hydrogen-bond acceptors (Lipinski definition) is 3. The maximum absolute atomic E-state index is 10.9. The summed E-state index contributed by atoms with van der Waals surface area (Å²) in [6, 6.07) is -0.185. The van der Waals surface area contributed by atoms with Crippen molar-refractivity contribution in [3.63, 3.8) is 0 Å². The molecular weight excluding hydrogens is 158 g/mol. The van der Waals surface area contributed by atoms with E-state index in [1.54, 1.807) is 13.8 Å². The molecule has 4 atom stereocenters. The lowest BCUT2D eigenvalue weighted by Crippen LogP contribution is -2.64. The van der Waals surface area contributed by atoms with Gasteiger partial charge in [0.1, 0.15) is 6.29 Å². The molecule has 4 heteroatoms. The van der Waals surface area contributed by atoms with Gasteiger partial charge in [-0.2, -0.15) is 0 Å². The van der Waals surface area contributed by atoms with Gasteiger partial charge in [-0.1, -0.05) is 6.92 Å². The predicted octanol–water partition coefficient (Wildman–Crippen LogP) is -0.683. The molecule has 1 fully saturated rings. The third-order valence-corrected chi connectivity index (χ3v) is 2.30. The minimum Gasteiger partial charge on any atom is -0.393 e. The van der Waals surface area contributed by atoms with Crippen LogP contribution in [0, 0.1) is 11.8 Å². The first-order chi connectivity index (χ1) is 5.57. The first kappa shape index (κ1) is 9.19. The van der Waals surface area contributed by atoms with E-state index < -0.39 is 12.0 Å². The fourth-order valence-corrected chi connectivity index (χ4v) is 1.48. The van der Waals surface area contributed by atoms with Crippen molar-refractivity contribution >= 4 is 12.2 Å². The van der Waals surface area contributed by atoms with E-state index in [0.717, 1.165) is 6.29 Å².